The Morgan fingerprint density at radius 1 is 1.27 bits per heavy atom. The molecular formula is C18H16N4O3S. The number of nitrogens with zero attached hydrogens (tertiary/aromatic N) is 2. The molecule has 0 radical (unpaired) electrons. The van der Waals surface area contributed by atoms with E-state index in [1.807, 2.05) is 36.6 Å². The van der Waals surface area contributed by atoms with E-state index in [1.165, 1.54) is 18.2 Å². The molecule has 0 spiro atoms. The van der Waals surface area contributed by atoms with Crippen molar-refractivity contribution in [3.8, 4) is 11.3 Å². The smallest absolute Gasteiger partial charge is 0.292 e. The maximum atomic E-state index is 12.2. The van der Waals surface area contributed by atoms with Crippen molar-refractivity contribution in [1.82, 2.24) is 10.3 Å². The lowest BCUT2D eigenvalue weighted by Gasteiger charge is -2.07. The fraction of sp³-hybridized carbons (Fsp3) is 0.111. The third-order valence-electron chi connectivity index (χ3n) is 3.81. The number of aryl methyl sites for hydroxylation is 1. The Kier molecular flexibility index (Phi) is 4.94. The van der Waals surface area contributed by atoms with Gasteiger partial charge in [-0.1, -0.05) is 24.3 Å². The molecule has 0 aliphatic heterocycles. The molecule has 3 rings (SSSR count). The number of carbonyl (C=O) groups is 1. The molecule has 3 aromatic rings. The van der Waals surface area contributed by atoms with Crippen molar-refractivity contribution in [1.29, 1.82) is 0 Å². The normalized spacial score (nSPS) is 10.5. The van der Waals surface area contributed by atoms with Crippen molar-refractivity contribution < 1.29 is 9.72 Å². The van der Waals surface area contributed by atoms with Crippen molar-refractivity contribution >= 4 is 28.6 Å². The van der Waals surface area contributed by atoms with Gasteiger partial charge in [0.2, 0.25) is 0 Å². The van der Waals surface area contributed by atoms with Crippen LogP contribution in [0.1, 0.15) is 20.9 Å². The Morgan fingerprint density at radius 3 is 2.62 bits per heavy atom. The summed E-state index contributed by atoms with van der Waals surface area (Å²) in [5.41, 5.74) is 8.34. The van der Waals surface area contributed by atoms with Gasteiger partial charge in [-0.3, -0.25) is 14.9 Å². The summed E-state index contributed by atoms with van der Waals surface area (Å²) in [4.78, 5) is 27.0. The van der Waals surface area contributed by atoms with Crippen molar-refractivity contribution in [3.63, 3.8) is 0 Å². The van der Waals surface area contributed by atoms with Crippen LogP contribution >= 0.6 is 11.3 Å². The van der Waals surface area contributed by atoms with Crippen LogP contribution in [0.2, 0.25) is 0 Å². The predicted octanol–water partition coefficient (Wildman–Crippen LogP) is 3.54. The Balaban J connectivity index is 1.66. The van der Waals surface area contributed by atoms with Gasteiger partial charge in [-0.2, -0.15) is 0 Å². The molecule has 1 heterocycles. The first-order valence-corrected chi connectivity index (χ1v) is 8.65. The van der Waals surface area contributed by atoms with E-state index in [9.17, 15) is 14.9 Å². The summed E-state index contributed by atoms with van der Waals surface area (Å²) in [6.45, 7) is 2.27. The number of carbonyl (C=O) groups excluding carboxylic acids is 1. The van der Waals surface area contributed by atoms with Crippen molar-refractivity contribution in [2.75, 3.05) is 5.73 Å². The molecule has 26 heavy (non-hydrogen) atoms. The van der Waals surface area contributed by atoms with E-state index in [4.69, 9.17) is 5.73 Å². The number of rotatable bonds is 5. The molecule has 0 saturated heterocycles. The molecule has 0 aliphatic rings. The van der Waals surface area contributed by atoms with E-state index in [1.54, 1.807) is 11.3 Å². The molecule has 0 bridgehead atoms. The average molecular weight is 368 g/mol. The minimum absolute atomic E-state index is 0.0272. The van der Waals surface area contributed by atoms with Crippen LogP contribution in [0.3, 0.4) is 0 Å². The van der Waals surface area contributed by atoms with Gasteiger partial charge in [0.25, 0.3) is 11.6 Å². The highest BCUT2D eigenvalue weighted by molar-refractivity contribution is 7.09. The van der Waals surface area contributed by atoms with E-state index in [-0.39, 0.29) is 16.9 Å². The van der Waals surface area contributed by atoms with E-state index in [2.05, 4.69) is 10.3 Å². The van der Waals surface area contributed by atoms with E-state index in [0.29, 0.717) is 6.54 Å². The minimum atomic E-state index is -0.606. The summed E-state index contributed by atoms with van der Waals surface area (Å²) >= 11 is 1.59. The van der Waals surface area contributed by atoms with Crippen molar-refractivity contribution in [2.45, 2.75) is 13.5 Å². The maximum absolute atomic E-state index is 12.2. The number of thiazole rings is 1. The van der Waals surface area contributed by atoms with Gasteiger partial charge in [0, 0.05) is 29.1 Å². The lowest BCUT2D eigenvalue weighted by atomic mass is 10.1. The highest BCUT2D eigenvalue weighted by Crippen LogP contribution is 2.23. The second-order valence-corrected chi connectivity index (χ2v) is 6.72. The molecule has 0 atom stereocenters. The van der Waals surface area contributed by atoms with Crippen LogP contribution in [-0.4, -0.2) is 15.8 Å². The number of nitrogens with one attached hydrogen (secondary N) is 1. The third kappa shape index (κ3) is 3.86. The molecule has 0 fully saturated rings. The Bertz CT molecular complexity index is 967. The van der Waals surface area contributed by atoms with Gasteiger partial charge in [0.1, 0.15) is 5.69 Å². The number of anilines is 1. The highest BCUT2D eigenvalue weighted by Gasteiger charge is 2.15. The SMILES string of the molecule is Cc1nc(-c2ccc(CNC(=O)c3ccc(N)c([N+](=O)[O-])c3)cc2)cs1. The van der Waals surface area contributed by atoms with Gasteiger partial charge >= 0.3 is 0 Å². The molecule has 0 aliphatic carbocycles. The van der Waals surface area contributed by atoms with Crippen LogP contribution in [0, 0.1) is 17.0 Å². The molecule has 0 unspecified atom stereocenters. The number of nitrogens with two attached hydrogens (primary N) is 1. The van der Waals surface area contributed by atoms with Crippen LogP contribution in [0.4, 0.5) is 11.4 Å². The molecule has 0 saturated carbocycles. The standard InChI is InChI=1S/C18H16N4O3S/c1-11-21-16(10-26-11)13-4-2-12(3-5-13)9-20-18(23)14-6-7-15(19)17(8-14)22(24)25/h2-8,10H,9,19H2,1H3,(H,20,23). The van der Waals surface area contributed by atoms with Crippen LogP contribution < -0.4 is 11.1 Å². The van der Waals surface area contributed by atoms with Gasteiger partial charge in [0.15, 0.2) is 0 Å². The van der Waals surface area contributed by atoms with Crippen molar-refractivity contribution in [2.24, 2.45) is 0 Å². The fourth-order valence-electron chi connectivity index (χ4n) is 2.42. The van der Waals surface area contributed by atoms with Crippen LogP contribution in [0.5, 0.6) is 0 Å². The third-order valence-corrected chi connectivity index (χ3v) is 4.58. The van der Waals surface area contributed by atoms with Crippen LogP contribution in [0.25, 0.3) is 11.3 Å². The zero-order valence-electron chi connectivity index (χ0n) is 13.9. The lowest BCUT2D eigenvalue weighted by molar-refractivity contribution is -0.383. The van der Waals surface area contributed by atoms with Crippen LogP contribution in [0.15, 0.2) is 47.8 Å². The molecule has 132 valence electrons. The predicted molar refractivity (Wildman–Crippen MR) is 101 cm³/mol. The molecule has 1 aromatic heterocycles. The van der Waals surface area contributed by atoms with Crippen molar-refractivity contribution in [3.05, 3.63) is 74.1 Å². The zero-order chi connectivity index (χ0) is 18.7. The summed E-state index contributed by atoms with van der Waals surface area (Å²) < 4.78 is 0. The summed E-state index contributed by atoms with van der Waals surface area (Å²) in [5.74, 6) is -0.396. The topological polar surface area (TPSA) is 111 Å². The second kappa shape index (κ2) is 7.32. The van der Waals surface area contributed by atoms with Gasteiger partial charge in [0.05, 0.1) is 15.6 Å². The Labute approximate surface area is 153 Å². The number of amides is 1. The van der Waals surface area contributed by atoms with Gasteiger partial charge in [-0.15, -0.1) is 11.3 Å². The summed E-state index contributed by atoms with van der Waals surface area (Å²) in [6.07, 6.45) is 0. The summed E-state index contributed by atoms with van der Waals surface area (Å²) in [5, 5.41) is 16.7. The number of aromatic nitrogens is 1. The van der Waals surface area contributed by atoms with E-state index >= 15 is 0 Å². The van der Waals surface area contributed by atoms with E-state index in [0.717, 1.165) is 21.8 Å². The zero-order valence-corrected chi connectivity index (χ0v) is 14.7. The number of hydrogen-bond donors (Lipinski definition) is 2. The van der Waals surface area contributed by atoms with Crippen LogP contribution in [-0.2, 0) is 6.54 Å². The minimum Gasteiger partial charge on any atom is -0.393 e. The summed E-state index contributed by atoms with van der Waals surface area (Å²) in [7, 11) is 0. The van der Waals surface area contributed by atoms with Gasteiger partial charge in [-0.05, 0) is 24.6 Å². The molecule has 8 heteroatoms. The lowest BCUT2D eigenvalue weighted by Crippen LogP contribution is -2.22. The second-order valence-electron chi connectivity index (χ2n) is 5.66. The van der Waals surface area contributed by atoms with Gasteiger partial charge in [-0.25, -0.2) is 4.98 Å². The number of hydrogen-bond acceptors (Lipinski definition) is 6. The Morgan fingerprint density at radius 2 is 2.00 bits per heavy atom. The molecule has 2 aromatic carbocycles. The molecule has 7 nitrogen and oxygen atoms in total. The fourth-order valence-corrected chi connectivity index (χ4v) is 3.04. The molecule has 1 amide bonds. The molecule has 3 N–H and O–H groups in total. The Hall–Kier alpha value is -3.26. The average Bonchev–Trinajstić information content (AvgIpc) is 3.06. The largest absolute Gasteiger partial charge is 0.393 e. The van der Waals surface area contributed by atoms with E-state index < -0.39 is 10.8 Å². The summed E-state index contributed by atoms with van der Waals surface area (Å²) in [6, 6.07) is 11.7. The first-order chi connectivity index (χ1) is 12.4. The quantitative estimate of drug-likeness (QED) is 0.406. The van der Waals surface area contributed by atoms with Gasteiger partial charge < -0.3 is 11.1 Å². The number of nitro groups is 1. The molecular weight excluding hydrogens is 352 g/mol. The number of nitrogen functional groups attached to an aromatic ring is 1. The number of benzene rings is 2. The first kappa shape index (κ1) is 17.6. The monoisotopic (exact) mass is 368 g/mol. The highest BCUT2D eigenvalue weighted by atomic mass is 32.1. The first-order valence-electron chi connectivity index (χ1n) is 7.77. The number of nitro benzene ring substituents is 1. The maximum Gasteiger partial charge on any atom is 0.292 e.